The number of rotatable bonds is 5. The van der Waals surface area contributed by atoms with Crippen LogP contribution in [0.5, 0.6) is 0 Å². The van der Waals surface area contributed by atoms with Crippen LogP contribution in [0.1, 0.15) is 12.0 Å². The van der Waals surface area contributed by atoms with Crippen molar-refractivity contribution in [3.05, 3.63) is 29.8 Å². The number of primary amides is 1. The molecular formula is C14H17N3O4. The van der Waals surface area contributed by atoms with Crippen molar-refractivity contribution in [3.63, 3.8) is 0 Å². The number of amides is 2. The molecule has 2 atom stereocenters. The molecule has 0 saturated heterocycles. The van der Waals surface area contributed by atoms with Gasteiger partial charge in [-0.3, -0.25) is 9.59 Å². The second-order valence-corrected chi connectivity index (χ2v) is 5.01. The maximum Gasteiger partial charge on any atom is 0.326 e. The van der Waals surface area contributed by atoms with Gasteiger partial charge in [-0.25, -0.2) is 4.79 Å². The van der Waals surface area contributed by atoms with E-state index in [1.54, 1.807) is 0 Å². The zero-order chi connectivity index (χ0) is 15.4. The lowest BCUT2D eigenvalue weighted by atomic mass is 9.93. The van der Waals surface area contributed by atoms with E-state index in [1.165, 1.54) is 0 Å². The predicted octanol–water partition coefficient (Wildman–Crippen LogP) is -0.284. The molecule has 0 aromatic heterocycles. The molecule has 0 radical (unpaired) electrons. The summed E-state index contributed by atoms with van der Waals surface area (Å²) in [4.78, 5) is 34.0. The molecule has 0 saturated carbocycles. The maximum atomic E-state index is 12.1. The standard InChI is InChI=1S/C14H17N3O4/c15-12(18)6-11(14(20)21)17-13(19)9-5-8-3-1-2-4-10(8)16-7-9/h1-4,9,11,16H,5-7H2,(H2,15,18)(H,17,19)(H,20,21). The lowest BCUT2D eigenvalue weighted by Crippen LogP contribution is -2.47. The number of para-hydroxylation sites is 1. The molecule has 2 rings (SSSR count). The molecule has 1 aromatic rings. The smallest absolute Gasteiger partial charge is 0.326 e. The second-order valence-electron chi connectivity index (χ2n) is 5.01. The van der Waals surface area contributed by atoms with Gasteiger partial charge in [0.15, 0.2) is 0 Å². The number of aliphatic carboxylic acids is 1. The van der Waals surface area contributed by atoms with Crippen molar-refractivity contribution in [1.29, 1.82) is 0 Å². The van der Waals surface area contributed by atoms with Crippen molar-refractivity contribution in [2.75, 3.05) is 11.9 Å². The third kappa shape index (κ3) is 3.71. The number of carboxylic acid groups (broad SMARTS) is 1. The number of benzene rings is 1. The van der Waals surface area contributed by atoms with Crippen molar-refractivity contribution in [2.24, 2.45) is 11.7 Å². The molecule has 7 nitrogen and oxygen atoms in total. The summed E-state index contributed by atoms with van der Waals surface area (Å²) in [5.41, 5.74) is 6.97. The van der Waals surface area contributed by atoms with E-state index < -0.39 is 30.2 Å². The topological polar surface area (TPSA) is 122 Å². The van der Waals surface area contributed by atoms with Crippen molar-refractivity contribution < 1.29 is 19.5 Å². The lowest BCUT2D eigenvalue weighted by molar-refractivity contribution is -0.143. The third-order valence-electron chi connectivity index (χ3n) is 3.41. The first kappa shape index (κ1) is 14.8. The Hall–Kier alpha value is -2.57. The molecule has 2 unspecified atom stereocenters. The van der Waals surface area contributed by atoms with E-state index in [9.17, 15) is 14.4 Å². The van der Waals surface area contributed by atoms with Crippen LogP contribution in [0.25, 0.3) is 0 Å². The molecule has 1 aliphatic heterocycles. The summed E-state index contributed by atoms with van der Waals surface area (Å²) in [5.74, 6) is -2.82. The number of nitrogens with two attached hydrogens (primary N) is 1. The van der Waals surface area contributed by atoms with Crippen LogP contribution in [0, 0.1) is 5.92 Å². The number of carbonyl (C=O) groups is 3. The first-order valence-electron chi connectivity index (χ1n) is 6.60. The van der Waals surface area contributed by atoms with Gasteiger partial charge in [-0.15, -0.1) is 0 Å². The molecule has 1 heterocycles. The van der Waals surface area contributed by atoms with Crippen LogP contribution in [-0.2, 0) is 20.8 Å². The second kappa shape index (κ2) is 6.25. The van der Waals surface area contributed by atoms with Gasteiger partial charge in [0, 0.05) is 12.2 Å². The maximum absolute atomic E-state index is 12.1. The van der Waals surface area contributed by atoms with E-state index in [0.29, 0.717) is 13.0 Å². The van der Waals surface area contributed by atoms with Gasteiger partial charge in [0.05, 0.1) is 12.3 Å². The normalized spacial score (nSPS) is 18.0. The van der Waals surface area contributed by atoms with Crippen LogP contribution in [0.3, 0.4) is 0 Å². The largest absolute Gasteiger partial charge is 0.480 e. The summed E-state index contributed by atoms with van der Waals surface area (Å²) in [7, 11) is 0. The predicted molar refractivity (Wildman–Crippen MR) is 75.5 cm³/mol. The number of carbonyl (C=O) groups excluding carboxylic acids is 2. The molecule has 1 aliphatic rings. The minimum atomic E-state index is -1.29. The van der Waals surface area contributed by atoms with Crippen molar-refractivity contribution in [3.8, 4) is 0 Å². The molecule has 2 amide bonds. The lowest BCUT2D eigenvalue weighted by Gasteiger charge is -2.26. The average molecular weight is 291 g/mol. The molecule has 0 spiro atoms. The summed E-state index contributed by atoms with van der Waals surface area (Å²) in [6.45, 7) is 0.422. The van der Waals surface area contributed by atoms with E-state index in [-0.39, 0.29) is 5.92 Å². The average Bonchev–Trinajstić information content (AvgIpc) is 2.45. The van der Waals surface area contributed by atoms with Crippen LogP contribution in [-0.4, -0.2) is 35.5 Å². The molecule has 0 bridgehead atoms. The van der Waals surface area contributed by atoms with Crippen LogP contribution in [0.2, 0.25) is 0 Å². The molecule has 0 fully saturated rings. The van der Waals surface area contributed by atoms with Crippen LogP contribution >= 0.6 is 0 Å². The Morgan fingerprint density at radius 1 is 1.38 bits per heavy atom. The van der Waals surface area contributed by atoms with Gasteiger partial charge < -0.3 is 21.5 Å². The van der Waals surface area contributed by atoms with E-state index in [0.717, 1.165) is 11.3 Å². The molecule has 21 heavy (non-hydrogen) atoms. The van der Waals surface area contributed by atoms with Gasteiger partial charge in [0.2, 0.25) is 11.8 Å². The van der Waals surface area contributed by atoms with Gasteiger partial charge in [-0.05, 0) is 18.1 Å². The number of hydrogen-bond donors (Lipinski definition) is 4. The number of fused-ring (bicyclic) bond motifs is 1. The SMILES string of the molecule is NC(=O)CC(NC(=O)C1CNc2ccccc2C1)C(=O)O. The summed E-state index contributed by atoms with van der Waals surface area (Å²) in [6.07, 6.45) is 0.107. The van der Waals surface area contributed by atoms with Gasteiger partial charge >= 0.3 is 5.97 Å². The van der Waals surface area contributed by atoms with Gasteiger partial charge in [-0.2, -0.15) is 0 Å². The zero-order valence-corrected chi connectivity index (χ0v) is 11.3. The molecule has 0 aliphatic carbocycles. The highest BCUT2D eigenvalue weighted by Gasteiger charge is 2.28. The highest BCUT2D eigenvalue weighted by atomic mass is 16.4. The van der Waals surface area contributed by atoms with Gasteiger partial charge in [-0.1, -0.05) is 18.2 Å². The van der Waals surface area contributed by atoms with Crippen molar-refractivity contribution in [2.45, 2.75) is 18.9 Å². The highest BCUT2D eigenvalue weighted by molar-refractivity contribution is 5.89. The van der Waals surface area contributed by atoms with E-state index in [1.807, 2.05) is 24.3 Å². The summed E-state index contributed by atoms with van der Waals surface area (Å²) >= 11 is 0. The quantitative estimate of drug-likeness (QED) is 0.594. The molecule has 5 N–H and O–H groups in total. The first-order chi connectivity index (χ1) is 9.97. The number of hydrogen-bond acceptors (Lipinski definition) is 4. The number of anilines is 1. The van der Waals surface area contributed by atoms with Crippen molar-refractivity contribution >= 4 is 23.5 Å². The minimum absolute atomic E-state index is 0.380. The van der Waals surface area contributed by atoms with E-state index in [4.69, 9.17) is 10.8 Å². The monoisotopic (exact) mass is 291 g/mol. The Kier molecular flexibility index (Phi) is 4.42. The Bertz CT molecular complexity index is 573. The van der Waals surface area contributed by atoms with Gasteiger partial charge in [0.1, 0.15) is 6.04 Å². The van der Waals surface area contributed by atoms with E-state index >= 15 is 0 Å². The van der Waals surface area contributed by atoms with Crippen LogP contribution in [0.15, 0.2) is 24.3 Å². The summed E-state index contributed by atoms with van der Waals surface area (Å²) < 4.78 is 0. The molecule has 7 heteroatoms. The fourth-order valence-electron chi connectivity index (χ4n) is 2.32. The first-order valence-corrected chi connectivity index (χ1v) is 6.60. The molecule has 1 aromatic carbocycles. The zero-order valence-electron chi connectivity index (χ0n) is 11.3. The minimum Gasteiger partial charge on any atom is -0.480 e. The van der Waals surface area contributed by atoms with Gasteiger partial charge in [0.25, 0.3) is 0 Å². The number of carboxylic acids is 1. The Morgan fingerprint density at radius 2 is 2.10 bits per heavy atom. The van der Waals surface area contributed by atoms with Crippen LogP contribution in [0.4, 0.5) is 5.69 Å². The Balaban J connectivity index is 2.01. The summed E-state index contributed by atoms with van der Waals surface area (Å²) in [6, 6.07) is 6.34. The summed E-state index contributed by atoms with van der Waals surface area (Å²) in [5, 5.41) is 14.5. The highest BCUT2D eigenvalue weighted by Crippen LogP contribution is 2.24. The molecule has 112 valence electrons. The van der Waals surface area contributed by atoms with E-state index in [2.05, 4.69) is 10.6 Å². The fraction of sp³-hybridized carbons (Fsp3) is 0.357. The Labute approximate surface area is 121 Å². The van der Waals surface area contributed by atoms with Crippen LogP contribution < -0.4 is 16.4 Å². The third-order valence-corrected chi connectivity index (χ3v) is 3.41. The molecular weight excluding hydrogens is 274 g/mol. The van der Waals surface area contributed by atoms with Crippen molar-refractivity contribution in [1.82, 2.24) is 5.32 Å². The number of nitrogens with one attached hydrogen (secondary N) is 2. The Morgan fingerprint density at radius 3 is 2.76 bits per heavy atom. The fourth-order valence-corrected chi connectivity index (χ4v) is 2.32.